The van der Waals surface area contributed by atoms with Gasteiger partial charge in [0.15, 0.2) is 11.5 Å². The summed E-state index contributed by atoms with van der Waals surface area (Å²) in [6, 6.07) is 15.8. The molecule has 0 radical (unpaired) electrons. The first-order valence-corrected chi connectivity index (χ1v) is 11.3. The number of nitrogens with one attached hydrogen (secondary N) is 1. The highest BCUT2D eigenvalue weighted by Crippen LogP contribution is 2.29. The summed E-state index contributed by atoms with van der Waals surface area (Å²) in [5.74, 6) is 1.73. The van der Waals surface area contributed by atoms with Gasteiger partial charge in [0.1, 0.15) is 6.61 Å². The summed E-state index contributed by atoms with van der Waals surface area (Å²) in [6.07, 6.45) is 1.12. The molecule has 1 N–H and O–H groups in total. The maximum atomic E-state index is 13.0. The largest absolute Gasteiger partial charge is 0.493 e. The molecule has 32 heavy (non-hydrogen) atoms. The Balaban J connectivity index is 0.000000439. The summed E-state index contributed by atoms with van der Waals surface area (Å²) in [7, 11) is 3.21. The monoisotopic (exact) mass is 442 g/mol. The maximum absolute atomic E-state index is 13.0. The van der Waals surface area contributed by atoms with E-state index in [2.05, 4.69) is 38.2 Å². The Kier molecular flexibility index (Phi) is 11.0. The van der Waals surface area contributed by atoms with Gasteiger partial charge in [-0.2, -0.15) is 0 Å². The van der Waals surface area contributed by atoms with E-state index in [4.69, 9.17) is 14.2 Å². The van der Waals surface area contributed by atoms with E-state index in [1.54, 1.807) is 32.4 Å². The van der Waals surface area contributed by atoms with E-state index in [0.29, 0.717) is 36.2 Å². The number of benzene rings is 2. The molecule has 0 aliphatic carbocycles. The molecule has 6 heteroatoms. The third-order valence-corrected chi connectivity index (χ3v) is 5.40. The van der Waals surface area contributed by atoms with Crippen molar-refractivity contribution in [2.45, 2.75) is 33.2 Å². The lowest BCUT2D eigenvalue weighted by molar-refractivity contribution is 0.0676. The minimum Gasteiger partial charge on any atom is -0.493 e. The maximum Gasteiger partial charge on any atom is 0.254 e. The molecular weight excluding hydrogens is 404 g/mol. The van der Waals surface area contributed by atoms with Gasteiger partial charge in [0.2, 0.25) is 0 Å². The van der Waals surface area contributed by atoms with Crippen molar-refractivity contribution in [1.29, 1.82) is 0 Å². The molecule has 1 aliphatic heterocycles. The SMILES string of the molecule is COCCOc1cc(C(=O)N(CC2CCNC2)C(C)C)ccc1OC.Cc1ccccc1. The molecule has 1 fully saturated rings. The first-order valence-electron chi connectivity index (χ1n) is 11.3. The third kappa shape index (κ3) is 8.17. The minimum atomic E-state index is 0.0288. The van der Waals surface area contributed by atoms with Crippen molar-refractivity contribution >= 4 is 5.91 Å². The van der Waals surface area contributed by atoms with Crippen LogP contribution in [0.4, 0.5) is 0 Å². The van der Waals surface area contributed by atoms with E-state index < -0.39 is 0 Å². The first-order chi connectivity index (χ1) is 15.5. The van der Waals surface area contributed by atoms with Gasteiger partial charge in [-0.3, -0.25) is 4.79 Å². The fourth-order valence-electron chi connectivity index (χ4n) is 3.53. The van der Waals surface area contributed by atoms with Crippen LogP contribution in [-0.2, 0) is 4.74 Å². The highest BCUT2D eigenvalue weighted by atomic mass is 16.5. The number of hydrogen-bond donors (Lipinski definition) is 1. The van der Waals surface area contributed by atoms with Crippen molar-refractivity contribution in [3.05, 3.63) is 59.7 Å². The lowest BCUT2D eigenvalue weighted by atomic mass is 10.1. The minimum absolute atomic E-state index is 0.0288. The molecule has 1 atom stereocenters. The zero-order valence-corrected chi connectivity index (χ0v) is 20.1. The van der Waals surface area contributed by atoms with Gasteiger partial charge < -0.3 is 24.4 Å². The number of carbonyl (C=O) groups excluding carboxylic acids is 1. The fraction of sp³-hybridized carbons (Fsp3) is 0.500. The summed E-state index contributed by atoms with van der Waals surface area (Å²) in [5.41, 5.74) is 1.94. The number of ether oxygens (including phenoxy) is 3. The van der Waals surface area contributed by atoms with E-state index in [1.807, 2.05) is 23.1 Å². The Morgan fingerprint density at radius 3 is 2.38 bits per heavy atom. The number of amides is 1. The molecule has 0 spiro atoms. The second kappa shape index (κ2) is 13.8. The van der Waals surface area contributed by atoms with Gasteiger partial charge in [-0.1, -0.05) is 35.9 Å². The molecule has 2 aromatic carbocycles. The fourth-order valence-corrected chi connectivity index (χ4v) is 3.53. The van der Waals surface area contributed by atoms with Crippen LogP contribution >= 0.6 is 0 Å². The molecule has 6 nitrogen and oxygen atoms in total. The van der Waals surface area contributed by atoms with Crippen molar-refractivity contribution in [1.82, 2.24) is 10.2 Å². The van der Waals surface area contributed by atoms with E-state index in [0.717, 1.165) is 26.1 Å². The van der Waals surface area contributed by atoms with E-state index >= 15 is 0 Å². The molecule has 3 rings (SSSR count). The van der Waals surface area contributed by atoms with Gasteiger partial charge >= 0.3 is 0 Å². The molecule has 0 aromatic heterocycles. The number of nitrogens with zero attached hydrogens (tertiary/aromatic N) is 1. The summed E-state index contributed by atoms with van der Waals surface area (Å²) >= 11 is 0. The second-order valence-corrected chi connectivity index (χ2v) is 8.27. The summed E-state index contributed by atoms with van der Waals surface area (Å²) in [6.45, 7) is 9.87. The number of methoxy groups -OCH3 is 2. The predicted octanol–water partition coefficient (Wildman–Crippen LogP) is 4.18. The highest BCUT2D eigenvalue weighted by molar-refractivity contribution is 5.95. The molecule has 1 aliphatic rings. The van der Waals surface area contributed by atoms with Crippen LogP contribution in [0.5, 0.6) is 11.5 Å². The Morgan fingerprint density at radius 1 is 1.09 bits per heavy atom. The zero-order valence-electron chi connectivity index (χ0n) is 20.1. The van der Waals surface area contributed by atoms with Crippen LogP contribution in [0.2, 0.25) is 0 Å². The van der Waals surface area contributed by atoms with Crippen LogP contribution in [-0.4, -0.2) is 63.9 Å². The number of hydrogen-bond acceptors (Lipinski definition) is 5. The quantitative estimate of drug-likeness (QED) is 0.591. The van der Waals surface area contributed by atoms with Crippen LogP contribution in [0.1, 0.15) is 36.2 Å². The van der Waals surface area contributed by atoms with Gasteiger partial charge in [0, 0.05) is 25.3 Å². The van der Waals surface area contributed by atoms with Gasteiger partial charge in [-0.15, -0.1) is 0 Å². The number of aryl methyl sites for hydroxylation is 1. The topological polar surface area (TPSA) is 60.0 Å². The van der Waals surface area contributed by atoms with Crippen molar-refractivity contribution in [3.8, 4) is 11.5 Å². The van der Waals surface area contributed by atoms with E-state index in [1.165, 1.54) is 5.56 Å². The second-order valence-electron chi connectivity index (χ2n) is 8.27. The van der Waals surface area contributed by atoms with Crippen LogP contribution in [0, 0.1) is 12.8 Å². The molecular formula is C26H38N2O4. The Morgan fingerprint density at radius 2 is 1.84 bits per heavy atom. The van der Waals surface area contributed by atoms with Crippen LogP contribution in [0.15, 0.2) is 48.5 Å². The standard InChI is InChI=1S/C19H30N2O4.C7H8/c1-14(2)21(13-15-7-8-20-12-15)19(22)16-5-6-17(24-4)18(11-16)25-10-9-23-3;1-7-5-3-2-4-6-7/h5-6,11,14-15,20H,7-10,12-13H2,1-4H3;2-6H,1H3. The number of carbonyl (C=O) groups is 1. The van der Waals surface area contributed by atoms with Gasteiger partial charge in [-0.25, -0.2) is 0 Å². The van der Waals surface area contributed by atoms with Crippen LogP contribution in [0.25, 0.3) is 0 Å². The Hall–Kier alpha value is -2.57. The molecule has 1 saturated heterocycles. The smallest absolute Gasteiger partial charge is 0.254 e. The predicted molar refractivity (Wildman–Crippen MR) is 129 cm³/mol. The Labute approximate surface area is 192 Å². The van der Waals surface area contributed by atoms with Crippen molar-refractivity contribution in [3.63, 3.8) is 0 Å². The lowest BCUT2D eigenvalue weighted by Gasteiger charge is -2.29. The van der Waals surface area contributed by atoms with Crippen molar-refractivity contribution in [2.75, 3.05) is 47.1 Å². The zero-order chi connectivity index (χ0) is 23.3. The molecule has 1 amide bonds. The van der Waals surface area contributed by atoms with Gasteiger partial charge in [0.05, 0.1) is 13.7 Å². The summed E-state index contributed by atoms with van der Waals surface area (Å²) in [5, 5.41) is 3.36. The first kappa shape index (κ1) is 25.7. The lowest BCUT2D eigenvalue weighted by Crippen LogP contribution is -2.40. The van der Waals surface area contributed by atoms with Gasteiger partial charge in [0.25, 0.3) is 5.91 Å². The van der Waals surface area contributed by atoms with Crippen molar-refractivity contribution < 1.29 is 19.0 Å². The summed E-state index contributed by atoms with van der Waals surface area (Å²) in [4.78, 5) is 15.0. The molecule has 176 valence electrons. The normalized spacial score (nSPS) is 15.1. The molecule has 2 aromatic rings. The Bertz CT molecular complexity index is 805. The van der Waals surface area contributed by atoms with Gasteiger partial charge in [-0.05, 0) is 64.4 Å². The highest BCUT2D eigenvalue weighted by Gasteiger charge is 2.25. The molecule has 1 heterocycles. The van der Waals surface area contributed by atoms with E-state index in [-0.39, 0.29) is 11.9 Å². The average molecular weight is 443 g/mol. The van der Waals surface area contributed by atoms with E-state index in [9.17, 15) is 4.79 Å². The molecule has 1 unspecified atom stereocenters. The third-order valence-electron chi connectivity index (χ3n) is 5.40. The van der Waals surface area contributed by atoms with Crippen molar-refractivity contribution in [2.24, 2.45) is 5.92 Å². The summed E-state index contributed by atoms with van der Waals surface area (Å²) < 4.78 is 16.0. The molecule has 0 saturated carbocycles. The van der Waals surface area contributed by atoms with Crippen LogP contribution in [0.3, 0.4) is 0 Å². The van der Waals surface area contributed by atoms with Crippen LogP contribution < -0.4 is 14.8 Å². The number of rotatable bonds is 9. The molecule has 0 bridgehead atoms. The average Bonchev–Trinajstić information content (AvgIpc) is 3.31.